The van der Waals surface area contributed by atoms with Crippen LogP contribution in [0.2, 0.25) is 0 Å². The molecule has 0 aliphatic heterocycles. The van der Waals surface area contributed by atoms with E-state index < -0.39 is 12.1 Å². The fourth-order valence-electron chi connectivity index (χ4n) is 11.0. The maximum absolute atomic E-state index is 12.5. The zero-order valence-corrected chi connectivity index (χ0v) is 52.7. The minimum Gasteiger partial charge on any atom is -0.466 e. The Morgan fingerprint density at radius 2 is 0.641 bits per heavy atom. The summed E-state index contributed by atoms with van der Waals surface area (Å²) in [5.74, 6) is -0.0496. The molecule has 0 aliphatic carbocycles. The van der Waals surface area contributed by atoms with Gasteiger partial charge >= 0.3 is 5.97 Å². The van der Waals surface area contributed by atoms with Gasteiger partial charge in [-0.05, 0) is 64.2 Å². The molecule has 2 unspecified atom stereocenters. The van der Waals surface area contributed by atoms with E-state index in [0.717, 1.165) is 51.4 Å². The highest BCUT2D eigenvalue weighted by Crippen LogP contribution is 2.19. The molecule has 0 fully saturated rings. The lowest BCUT2D eigenvalue weighted by atomic mass is 10.0. The molecule has 3 N–H and O–H groups in total. The first-order valence-corrected chi connectivity index (χ1v) is 35.3. The second-order valence-corrected chi connectivity index (χ2v) is 24.2. The van der Waals surface area contributed by atoms with Crippen molar-refractivity contribution >= 4 is 11.9 Å². The maximum Gasteiger partial charge on any atom is 0.305 e. The molecular weight excluding hydrogens is 959 g/mol. The lowest BCUT2D eigenvalue weighted by molar-refractivity contribution is -0.143. The van der Waals surface area contributed by atoms with Crippen LogP contribution in [0.4, 0.5) is 0 Å². The number of hydrogen-bond donors (Lipinski definition) is 3. The van der Waals surface area contributed by atoms with Gasteiger partial charge in [-0.1, -0.05) is 346 Å². The maximum atomic E-state index is 12.5. The van der Waals surface area contributed by atoms with E-state index in [-0.39, 0.29) is 18.5 Å². The van der Waals surface area contributed by atoms with Crippen LogP contribution in [0.15, 0.2) is 36.5 Å². The van der Waals surface area contributed by atoms with Crippen molar-refractivity contribution in [3.05, 3.63) is 36.5 Å². The van der Waals surface area contributed by atoms with Crippen LogP contribution < -0.4 is 5.32 Å². The first-order chi connectivity index (χ1) is 38.5. The quantitative estimate of drug-likeness (QED) is 0.0320. The molecule has 78 heavy (non-hydrogen) atoms. The van der Waals surface area contributed by atoms with Gasteiger partial charge in [0.2, 0.25) is 5.91 Å². The summed E-state index contributed by atoms with van der Waals surface area (Å²) in [5, 5.41) is 23.1. The van der Waals surface area contributed by atoms with Crippen LogP contribution in [0.1, 0.15) is 386 Å². The predicted octanol–water partition coefficient (Wildman–Crippen LogP) is 22.7. The van der Waals surface area contributed by atoms with E-state index in [2.05, 4.69) is 43.5 Å². The lowest BCUT2D eigenvalue weighted by Crippen LogP contribution is -2.45. The highest BCUT2D eigenvalue weighted by molar-refractivity contribution is 5.76. The Kier molecular flexibility index (Phi) is 65.9. The fourth-order valence-corrected chi connectivity index (χ4v) is 11.0. The average Bonchev–Trinajstić information content (AvgIpc) is 3.44. The van der Waals surface area contributed by atoms with Gasteiger partial charge in [-0.25, -0.2) is 0 Å². The van der Waals surface area contributed by atoms with Crippen molar-refractivity contribution in [2.24, 2.45) is 0 Å². The molecule has 1 amide bonds. The molecule has 6 nitrogen and oxygen atoms in total. The summed E-state index contributed by atoms with van der Waals surface area (Å²) < 4.78 is 5.50. The SMILES string of the molecule is CCCCC/C=C\C/C=C\CCCCCCCCCC(=O)OCCCCCCCCCCCCCCCCCCCCCCCCCCCCCCCCCC(=O)NC(CO)C(O)/C=C/CCCCCCCCCCCCC. The third-order valence-corrected chi connectivity index (χ3v) is 16.4. The van der Waals surface area contributed by atoms with Crippen molar-refractivity contribution in [2.75, 3.05) is 13.2 Å². The highest BCUT2D eigenvalue weighted by Gasteiger charge is 2.18. The van der Waals surface area contributed by atoms with Crippen LogP contribution in [0.3, 0.4) is 0 Å². The summed E-state index contributed by atoms with van der Waals surface area (Å²) in [6, 6.07) is -0.624. The Hall–Kier alpha value is -1.92. The van der Waals surface area contributed by atoms with E-state index in [9.17, 15) is 19.8 Å². The molecule has 0 radical (unpaired) electrons. The molecule has 0 aromatic rings. The number of nitrogens with one attached hydrogen (secondary N) is 1. The van der Waals surface area contributed by atoms with E-state index in [1.807, 2.05) is 6.08 Å². The zero-order chi connectivity index (χ0) is 56.4. The smallest absolute Gasteiger partial charge is 0.305 e. The number of amides is 1. The molecule has 460 valence electrons. The lowest BCUT2D eigenvalue weighted by Gasteiger charge is -2.20. The van der Waals surface area contributed by atoms with E-state index in [0.29, 0.717) is 19.4 Å². The Balaban J connectivity index is 3.33. The predicted molar refractivity (Wildman–Crippen MR) is 343 cm³/mol. The molecule has 0 spiro atoms. The van der Waals surface area contributed by atoms with Crippen molar-refractivity contribution in [2.45, 2.75) is 398 Å². The van der Waals surface area contributed by atoms with Gasteiger partial charge in [0.05, 0.1) is 25.4 Å². The summed E-state index contributed by atoms with van der Waals surface area (Å²) in [6.45, 7) is 4.90. The first-order valence-electron chi connectivity index (χ1n) is 35.3. The summed E-state index contributed by atoms with van der Waals surface area (Å²) in [6.07, 6.45) is 86.6. The van der Waals surface area contributed by atoms with E-state index in [1.165, 1.54) is 308 Å². The van der Waals surface area contributed by atoms with Gasteiger partial charge in [0.25, 0.3) is 0 Å². The molecule has 0 bridgehead atoms. The minimum absolute atomic E-state index is 0.0129. The van der Waals surface area contributed by atoms with E-state index in [1.54, 1.807) is 6.08 Å². The number of hydrogen-bond acceptors (Lipinski definition) is 5. The number of rotatable bonds is 66. The van der Waals surface area contributed by atoms with Crippen LogP contribution in [0.25, 0.3) is 0 Å². The minimum atomic E-state index is -0.841. The number of unbranched alkanes of at least 4 members (excludes halogenated alkanes) is 51. The summed E-state index contributed by atoms with van der Waals surface area (Å²) >= 11 is 0. The monoisotopic (exact) mass is 1100 g/mol. The molecular formula is C72H137NO5. The number of carbonyl (C=O) groups excluding carboxylic acids is 2. The largest absolute Gasteiger partial charge is 0.466 e. The topological polar surface area (TPSA) is 95.9 Å². The van der Waals surface area contributed by atoms with Gasteiger partial charge in [0.15, 0.2) is 0 Å². The second-order valence-electron chi connectivity index (χ2n) is 24.2. The summed E-state index contributed by atoms with van der Waals surface area (Å²) in [4.78, 5) is 24.6. The first kappa shape index (κ1) is 76.1. The van der Waals surface area contributed by atoms with Gasteiger partial charge in [-0.2, -0.15) is 0 Å². The molecule has 0 aromatic carbocycles. The van der Waals surface area contributed by atoms with Crippen molar-refractivity contribution in [3.63, 3.8) is 0 Å². The van der Waals surface area contributed by atoms with Gasteiger partial charge in [0.1, 0.15) is 0 Å². The second kappa shape index (κ2) is 67.6. The molecule has 6 heteroatoms. The van der Waals surface area contributed by atoms with E-state index >= 15 is 0 Å². The Labute approximate surface area is 487 Å². The van der Waals surface area contributed by atoms with Crippen molar-refractivity contribution < 1.29 is 24.5 Å². The normalized spacial score (nSPS) is 12.7. The molecule has 0 heterocycles. The molecule has 0 aliphatic rings. The van der Waals surface area contributed by atoms with Crippen molar-refractivity contribution in [1.29, 1.82) is 0 Å². The standard InChI is InChI=1S/C72H137NO5/c1-3-5-7-9-11-13-15-17-18-34-38-42-46-50-54-58-62-66-72(77)78-67-63-59-55-51-47-43-39-36-33-31-29-27-25-23-21-19-20-22-24-26-28-30-32-35-37-41-45-49-53-57-61-65-71(76)73-69(68-74)70(75)64-60-56-52-48-44-40-16-14-12-10-8-6-4-2/h11,13,17-18,60,64,69-70,74-75H,3-10,12,14-16,19-59,61-63,65-68H2,1-2H3,(H,73,76)/b13-11-,18-17-,64-60+. The van der Waals surface area contributed by atoms with Crippen LogP contribution in [-0.4, -0.2) is 47.4 Å². The summed E-state index contributed by atoms with van der Waals surface area (Å²) in [7, 11) is 0. The Morgan fingerprint density at radius 3 is 1.00 bits per heavy atom. The van der Waals surface area contributed by atoms with Crippen LogP contribution >= 0.6 is 0 Å². The highest BCUT2D eigenvalue weighted by atomic mass is 16.5. The molecule has 0 aromatic heterocycles. The molecule has 0 rings (SSSR count). The number of carbonyl (C=O) groups is 2. The van der Waals surface area contributed by atoms with Crippen LogP contribution in [0, 0.1) is 0 Å². The number of esters is 1. The summed E-state index contributed by atoms with van der Waals surface area (Å²) in [5.41, 5.74) is 0. The van der Waals surface area contributed by atoms with Crippen molar-refractivity contribution in [1.82, 2.24) is 5.32 Å². The Bertz CT molecular complexity index is 1260. The van der Waals surface area contributed by atoms with Gasteiger partial charge in [0, 0.05) is 12.8 Å². The van der Waals surface area contributed by atoms with Gasteiger partial charge in [-0.15, -0.1) is 0 Å². The average molecular weight is 1100 g/mol. The fraction of sp³-hybridized carbons (Fsp3) is 0.889. The number of aliphatic hydroxyl groups excluding tert-OH is 2. The zero-order valence-electron chi connectivity index (χ0n) is 52.7. The third-order valence-electron chi connectivity index (χ3n) is 16.4. The van der Waals surface area contributed by atoms with E-state index in [4.69, 9.17) is 4.74 Å². The van der Waals surface area contributed by atoms with Crippen LogP contribution in [0.5, 0.6) is 0 Å². The number of aliphatic hydroxyl groups is 2. The third kappa shape index (κ3) is 63.3. The molecule has 0 saturated carbocycles. The van der Waals surface area contributed by atoms with Crippen molar-refractivity contribution in [3.8, 4) is 0 Å². The number of allylic oxidation sites excluding steroid dienone is 5. The number of ether oxygens (including phenoxy) is 1. The van der Waals surface area contributed by atoms with Crippen LogP contribution in [-0.2, 0) is 14.3 Å². The molecule has 2 atom stereocenters. The Morgan fingerprint density at radius 1 is 0.359 bits per heavy atom. The van der Waals surface area contributed by atoms with Gasteiger partial charge in [-0.3, -0.25) is 9.59 Å². The van der Waals surface area contributed by atoms with Gasteiger partial charge < -0.3 is 20.3 Å². The molecule has 0 saturated heterocycles.